The molecule has 1 fully saturated rings. The maximum atomic E-state index is 10.7. The summed E-state index contributed by atoms with van der Waals surface area (Å²) in [5.41, 5.74) is 0.201. The Morgan fingerprint density at radius 2 is 1.50 bits per heavy atom. The Kier molecular flexibility index (Phi) is 2.28. The minimum absolute atomic E-state index is 0.0150. The van der Waals surface area contributed by atoms with Gasteiger partial charge >= 0.3 is 0 Å². The third-order valence-corrected chi connectivity index (χ3v) is 3.23. The summed E-state index contributed by atoms with van der Waals surface area (Å²) >= 11 is 0. The zero-order valence-corrected chi connectivity index (χ0v) is 8.55. The molecule has 2 heteroatoms. The van der Waals surface area contributed by atoms with Crippen LogP contribution in [0.25, 0.3) is 0 Å². The highest BCUT2D eigenvalue weighted by Gasteiger charge is 2.44. The summed E-state index contributed by atoms with van der Waals surface area (Å²) in [6.07, 6.45) is 3.49. The molecule has 0 unspecified atom stereocenters. The summed E-state index contributed by atoms with van der Waals surface area (Å²) in [6.45, 7) is 8.61. The van der Waals surface area contributed by atoms with Crippen molar-refractivity contribution in [3.63, 3.8) is 0 Å². The summed E-state index contributed by atoms with van der Waals surface area (Å²) in [6, 6.07) is -0.0150. The number of rotatable bonds is 1. The van der Waals surface area contributed by atoms with Gasteiger partial charge in [0.05, 0.1) is 0 Å². The van der Waals surface area contributed by atoms with Crippen LogP contribution >= 0.6 is 0 Å². The van der Waals surface area contributed by atoms with Gasteiger partial charge in [0, 0.05) is 0 Å². The first-order chi connectivity index (χ1) is 5.40. The van der Waals surface area contributed by atoms with Gasteiger partial charge in [0.2, 0.25) is 0 Å². The molecule has 0 bridgehead atoms. The summed E-state index contributed by atoms with van der Waals surface area (Å²) in [4.78, 5) is 10.7. The van der Waals surface area contributed by atoms with E-state index in [2.05, 4.69) is 32.9 Å². The molecule has 1 rings (SSSR count). The zero-order valence-electron chi connectivity index (χ0n) is 8.55. The van der Waals surface area contributed by atoms with Crippen LogP contribution in [0.1, 0.15) is 47.0 Å². The third kappa shape index (κ3) is 1.52. The molecule has 0 aromatic heterocycles. The molecule has 0 aromatic rings. The van der Waals surface area contributed by atoms with Gasteiger partial charge in [-0.2, -0.15) is 4.91 Å². The molecule has 2 nitrogen and oxygen atoms in total. The standard InChI is InChI=1S/C10H19NO/c1-9(2)6-5-7-10(3,4)8(9)11-12/h8H,5-7H2,1-4H3. The average molecular weight is 169 g/mol. The van der Waals surface area contributed by atoms with E-state index in [0.29, 0.717) is 0 Å². The van der Waals surface area contributed by atoms with Gasteiger partial charge in [-0.15, -0.1) is 0 Å². The molecule has 0 saturated heterocycles. The predicted octanol–water partition coefficient (Wildman–Crippen LogP) is 3.36. The van der Waals surface area contributed by atoms with Crippen molar-refractivity contribution < 1.29 is 0 Å². The third-order valence-electron chi connectivity index (χ3n) is 3.23. The SMILES string of the molecule is CC1(C)CCCC(C)(C)C1N=O. The minimum Gasteiger partial charge on any atom is -0.150 e. The van der Waals surface area contributed by atoms with E-state index in [1.165, 1.54) is 6.42 Å². The lowest BCUT2D eigenvalue weighted by Gasteiger charge is -2.44. The Balaban J connectivity index is 2.88. The molecule has 1 aliphatic rings. The highest BCUT2D eigenvalue weighted by Crippen LogP contribution is 2.47. The van der Waals surface area contributed by atoms with Crippen LogP contribution in [0, 0.1) is 15.7 Å². The van der Waals surface area contributed by atoms with E-state index in [9.17, 15) is 4.91 Å². The number of hydrogen-bond acceptors (Lipinski definition) is 2. The fourth-order valence-corrected chi connectivity index (χ4v) is 2.62. The van der Waals surface area contributed by atoms with Crippen molar-refractivity contribution in [3.8, 4) is 0 Å². The first-order valence-corrected chi connectivity index (χ1v) is 4.73. The molecule has 1 saturated carbocycles. The van der Waals surface area contributed by atoms with Crippen molar-refractivity contribution in [2.75, 3.05) is 0 Å². The van der Waals surface area contributed by atoms with Crippen molar-refractivity contribution in [1.82, 2.24) is 0 Å². The van der Waals surface area contributed by atoms with Crippen LogP contribution in [0.3, 0.4) is 0 Å². The van der Waals surface area contributed by atoms with Gasteiger partial charge in [-0.1, -0.05) is 39.3 Å². The highest BCUT2D eigenvalue weighted by atomic mass is 16.3. The molecule has 0 radical (unpaired) electrons. The van der Waals surface area contributed by atoms with E-state index in [1.54, 1.807) is 0 Å². The normalized spacial score (nSPS) is 28.3. The van der Waals surface area contributed by atoms with Crippen LogP contribution < -0.4 is 0 Å². The van der Waals surface area contributed by atoms with E-state index in [0.717, 1.165) is 12.8 Å². The van der Waals surface area contributed by atoms with Gasteiger partial charge in [0.15, 0.2) is 0 Å². The summed E-state index contributed by atoms with van der Waals surface area (Å²) in [7, 11) is 0. The van der Waals surface area contributed by atoms with E-state index in [4.69, 9.17) is 0 Å². The largest absolute Gasteiger partial charge is 0.150 e. The molecule has 0 aliphatic heterocycles. The fraction of sp³-hybridized carbons (Fsp3) is 1.00. The van der Waals surface area contributed by atoms with Crippen molar-refractivity contribution >= 4 is 0 Å². The number of hydrogen-bond donors (Lipinski definition) is 0. The van der Waals surface area contributed by atoms with Crippen molar-refractivity contribution in [3.05, 3.63) is 4.91 Å². The summed E-state index contributed by atoms with van der Waals surface area (Å²) < 4.78 is 0. The maximum absolute atomic E-state index is 10.7. The topological polar surface area (TPSA) is 29.4 Å². The fourth-order valence-electron chi connectivity index (χ4n) is 2.62. The van der Waals surface area contributed by atoms with Crippen LogP contribution in [-0.2, 0) is 0 Å². The Labute approximate surface area is 74.7 Å². The highest BCUT2D eigenvalue weighted by molar-refractivity contribution is 4.97. The summed E-state index contributed by atoms with van der Waals surface area (Å²) in [5, 5.41) is 3.30. The smallest absolute Gasteiger partial charge is 0.102 e. The van der Waals surface area contributed by atoms with Crippen LogP contribution in [0.4, 0.5) is 0 Å². The maximum Gasteiger partial charge on any atom is 0.102 e. The number of nitrogens with zero attached hydrogens (tertiary/aromatic N) is 1. The quantitative estimate of drug-likeness (QED) is 0.553. The second-order valence-corrected chi connectivity index (χ2v) is 5.34. The number of nitroso groups, excluding NO2 is 1. The van der Waals surface area contributed by atoms with E-state index in [1.807, 2.05) is 0 Å². The molecule has 0 amide bonds. The van der Waals surface area contributed by atoms with E-state index >= 15 is 0 Å². The van der Waals surface area contributed by atoms with Gasteiger partial charge in [0.25, 0.3) is 0 Å². The lowest BCUT2D eigenvalue weighted by Crippen LogP contribution is -2.43. The molecule has 0 aromatic carbocycles. The lowest BCUT2D eigenvalue weighted by atomic mass is 9.62. The molecule has 70 valence electrons. The van der Waals surface area contributed by atoms with Gasteiger partial charge in [0.1, 0.15) is 6.04 Å². The van der Waals surface area contributed by atoms with Crippen LogP contribution in [0.15, 0.2) is 5.18 Å². The van der Waals surface area contributed by atoms with Crippen molar-refractivity contribution in [2.24, 2.45) is 16.0 Å². The van der Waals surface area contributed by atoms with Crippen molar-refractivity contribution in [2.45, 2.75) is 53.0 Å². The Morgan fingerprint density at radius 1 is 1.08 bits per heavy atom. The molecule has 0 heterocycles. The van der Waals surface area contributed by atoms with Gasteiger partial charge < -0.3 is 0 Å². The predicted molar refractivity (Wildman–Crippen MR) is 51.0 cm³/mol. The second kappa shape index (κ2) is 2.82. The lowest BCUT2D eigenvalue weighted by molar-refractivity contribution is 0.0777. The average Bonchev–Trinajstić information content (AvgIpc) is 1.83. The molecular weight excluding hydrogens is 150 g/mol. The first-order valence-electron chi connectivity index (χ1n) is 4.73. The van der Waals surface area contributed by atoms with Crippen LogP contribution in [-0.4, -0.2) is 6.04 Å². The molecule has 0 spiro atoms. The Bertz CT molecular complexity index is 168. The van der Waals surface area contributed by atoms with Crippen LogP contribution in [0.5, 0.6) is 0 Å². The molecule has 0 N–H and O–H groups in total. The van der Waals surface area contributed by atoms with Crippen molar-refractivity contribution in [1.29, 1.82) is 0 Å². The van der Waals surface area contributed by atoms with E-state index < -0.39 is 0 Å². The monoisotopic (exact) mass is 169 g/mol. The molecular formula is C10H19NO. The minimum atomic E-state index is -0.0150. The summed E-state index contributed by atoms with van der Waals surface area (Å²) in [5.74, 6) is 0. The first kappa shape index (κ1) is 9.69. The zero-order chi connectivity index (χ0) is 9.41. The molecule has 12 heavy (non-hydrogen) atoms. The van der Waals surface area contributed by atoms with Crippen LogP contribution in [0.2, 0.25) is 0 Å². The van der Waals surface area contributed by atoms with Gasteiger partial charge in [-0.05, 0) is 23.7 Å². The molecule has 1 aliphatic carbocycles. The van der Waals surface area contributed by atoms with Gasteiger partial charge in [-0.3, -0.25) is 0 Å². The van der Waals surface area contributed by atoms with E-state index in [-0.39, 0.29) is 16.9 Å². The Morgan fingerprint density at radius 3 is 1.75 bits per heavy atom. The molecule has 0 atom stereocenters. The second-order valence-electron chi connectivity index (χ2n) is 5.34. The van der Waals surface area contributed by atoms with Gasteiger partial charge in [-0.25, -0.2) is 0 Å². The Hall–Kier alpha value is -0.400.